The van der Waals surface area contributed by atoms with Crippen molar-refractivity contribution in [3.05, 3.63) is 29.8 Å². The normalized spacial score (nSPS) is 13.1. The summed E-state index contributed by atoms with van der Waals surface area (Å²) in [7, 11) is 3.48. The number of benzene rings is 1. The van der Waals surface area contributed by atoms with Gasteiger partial charge in [0.15, 0.2) is 0 Å². The molecular weight excluding hydrogens is 264 g/mol. The average Bonchev–Trinajstić information content (AvgIpc) is 2.38. The lowest BCUT2D eigenvalue weighted by molar-refractivity contribution is -0.125. The van der Waals surface area contributed by atoms with Crippen LogP contribution in [0.3, 0.4) is 0 Å². The lowest BCUT2D eigenvalue weighted by atomic mass is 10.1. The molecule has 1 aromatic carbocycles. The molecule has 4 nitrogen and oxygen atoms in total. The maximum absolute atomic E-state index is 11.9. The summed E-state index contributed by atoms with van der Waals surface area (Å²) in [5, 5.41) is 5.99. The van der Waals surface area contributed by atoms with E-state index in [1.165, 1.54) is 0 Å². The first-order valence-electron chi connectivity index (χ1n) is 6.18. The summed E-state index contributed by atoms with van der Waals surface area (Å²) in [4.78, 5) is 11.9. The number of carbonyl (C=O) groups excluding carboxylic acids is 1. The van der Waals surface area contributed by atoms with Crippen LogP contribution in [0.5, 0.6) is 5.75 Å². The Morgan fingerprint density at radius 1 is 1.32 bits per heavy atom. The van der Waals surface area contributed by atoms with E-state index in [1.54, 1.807) is 7.11 Å². The van der Waals surface area contributed by atoms with Crippen LogP contribution < -0.4 is 15.4 Å². The molecule has 0 radical (unpaired) electrons. The Kier molecular flexibility index (Phi) is 8.19. The third-order valence-corrected chi connectivity index (χ3v) is 2.92. The molecule has 0 saturated heterocycles. The quantitative estimate of drug-likeness (QED) is 0.842. The Bertz CT molecular complexity index is 399. The molecule has 19 heavy (non-hydrogen) atoms. The standard InChI is InChI=1S/C14H22N2O2.ClH/c1-10(9-15-3)14(17)16-11(2)12-7-5-6-8-13(12)18-4;/h5-8,10-11,15H,9H2,1-4H3,(H,16,17);1H. The molecule has 1 aromatic rings. The maximum Gasteiger partial charge on any atom is 0.224 e. The van der Waals surface area contributed by atoms with Gasteiger partial charge in [0.25, 0.3) is 0 Å². The highest BCUT2D eigenvalue weighted by Gasteiger charge is 2.17. The number of hydrogen-bond donors (Lipinski definition) is 2. The van der Waals surface area contributed by atoms with E-state index in [9.17, 15) is 4.79 Å². The van der Waals surface area contributed by atoms with E-state index >= 15 is 0 Å². The Morgan fingerprint density at radius 3 is 2.53 bits per heavy atom. The van der Waals surface area contributed by atoms with E-state index in [0.29, 0.717) is 6.54 Å². The van der Waals surface area contributed by atoms with Gasteiger partial charge in [-0.2, -0.15) is 0 Å². The van der Waals surface area contributed by atoms with Crippen molar-refractivity contribution in [2.24, 2.45) is 5.92 Å². The van der Waals surface area contributed by atoms with Gasteiger partial charge >= 0.3 is 0 Å². The van der Waals surface area contributed by atoms with E-state index in [0.717, 1.165) is 11.3 Å². The molecule has 1 amide bonds. The van der Waals surface area contributed by atoms with Crippen molar-refractivity contribution in [2.45, 2.75) is 19.9 Å². The largest absolute Gasteiger partial charge is 0.496 e. The summed E-state index contributed by atoms with van der Waals surface area (Å²) in [5.41, 5.74) is 0.991. The number of ether oxygens (including phenoxy) is 1. The van der Waals surface area contributed by atoms with Crippen molar-refractivity contribution in [3.63, 3.8) is 0 Å². The van der Waals surface area contributed by atoms with E-state index in [-0.39, 0.29) is 30.3 Å². The first kappa shape index (κ1) is 17.7. The molecule has 0 aliphatic heterocycles. The predicted molar refractivity (Wildman–Crippen MR) is 79.9 cm³/mol. The molecule has 0 aliphatic rings. The fourth-order valence-electron chi connectivity index (χ4n) is 1.86. The van der Waals surface area contributed by atoms with Gasteiger partial charge in [-0.15, -0.1) is 12.4 Å². The first-order chi connectivity index (χ1) is 8.60. The molecule has 2 atom stereocenters. The number of hydrogen-bond acceptors (Lipinski definition) is 3. The Hall–Kier alpha value is -1.26. The number of nitrogens with one attached hydrogen (secondary N) is 2. The van der Waals surface area contributed by atoms with Crippen LogP contribution in [0.25, 0.3) is 0 Å². The van der Waals surface area contributed by atoms with Gasteiger partial charge in [0.05, 0.1) is 13.2 Å². The van der Waals surface area contributed by atoms with Gasteiger partial charge in [0.2, 0.25) is 5.91 Å². The summed E-state index contributed by atoms with van der Waals surface area (Å²) < 4.78 is 5.29. The van der Waals surface area contributed by atoms with Crippen LogP contribution in [0.4, 0.5) is 0 Å². The maximum atomic E-state index is 11.9. The van der Waals surface area contributed by atoms with E-state index < -0.39 is 0 Å². The fourth-order valence-corrected chi connectivity index (χ4v) is 1.86. The molecule has 0 bridgehead atoms. The summed E-state index contributed by atoms with van der Waals surface area (Å²) >= 11 is 0. The van der Waals surface area contributed by atoms with Crippen LogP contribution in [0.1, 0.15) is 25.5 Å². The zero-order valence-corrected chi connectivity index (χ0v) is 12.7. The molecule has 0 aliphatic carbocycles. The molecule has 0 spiro atoms. The number of methoxy groups -OCH3 is 1. The van der Waals surface area contributed by atoms with Crippen LogP contribution in [-0.2, 0) is 4.79 Å². The topological polar surface area (TPSA) is 50.4 Å². The van der Waals surface area contributed by atoms with E-state index in [4.69, 9.17) is 4.74 Å². The molecule has 0 aromatic heterocycles. The molecule has 0 fully saturated rings. The second kappa shape index (κ2) is 8.77. The Morgan fingerprint density at radius 2 is 1.95 bits per heavy atom. The second-order valence-corrected chi connectivity index (χ2v) is 4.43. The van der Waals surface area contributed by atoms with Gasteiger partial charge in [0.1, 0.15) is 5.75 Å². The molecule has 0 heterocycles. The monoisotopic (exact) mass is 286 g/mol. The summed E-state index contributed by atoms with van der Waals surface area (Å²) in [6, 6.07) is 7.66. The van der Waals surface area contributed by atoms with Crippen LogP contribution in [0.15, 0.2) is 24.3 Å². The molecule has 2 unspecified atom stereocenters. The summed E-state index contributed by atoms with van der Waals surface area (Å²) in [6.07, 6.45) is 0. The fraction of sp³-hybridized carbons (Fsp3) is 0.500. The van der Waals surface area contributed by atoms with Crippen molar-refractivity contribution in [1.29, 1.82) is 0 Å². The predicted octanol–water partition coefficient (Wildman–Crippen LogP) is 2.15. The molecule has 1 rings (SSSR count). The van der Waals surface area contributed by atoms with Gasteiger partial charge < -0.3 is 15.4 Å². The number of halogens is 1. The van der Waals surface area contributed by atoms with Crippen molar-refractivity contribution in [3.8, 4) is 5.75 Å². The van der Waals surface area contributed by atoms with Gasteiger partial charge in [-0.05, 0) is 20.0 Å². The molecule has 2 N–H and O–H groups in total. The lowest BCUT2D eigenvalue weighted by Crippen LogP contribution is -2.35. The minimum Gasteiger partial charge on any atom is -0.496 e. The molecule has 5 heteroatoms. The zero-order valence-electron chi connectivity index (χ0n) is 11.9. The molecule has 0 saturated carbocycles. The van der Waals surface area contributed by atoms with Crippen LogP contribution in [-0.4, -0.2) is 26.6 Å². The highest BCUT2D eigenvalue weighted by molar-refractivity contribution is 5.85. The first-order valence-corrected chi connectivity index (χ1v) is 6.18. The minimum absolute atomic E-state index is 0. The Labute approximate surface area is 121 Å². The van der Waals surface area contributed by atoms with Gasteiger partial charge in [0, 0.05) is 18.0 Å². The van der Waals surface area contributed by atoms with Crippen molar-refractivity contribution >= 4 is 18.3 Å². The number of rotatable bonds is 6. The van der Waals surface area contributed by atoms with E-state index in [1.807, 2.05) is 45.2 Å². The van der Waals surface area contributed by atoms with Gasteiger partial charge in [-0.25, -0.2) is 0 Å². The smallest absolute Gasteiger partial charge is 0.224 e. The van der Waals surface area contributed by atoms with Gasteiger partial charge in [-0.1, -0.05) is 25.1 Å². The number of carbonyl (C=O) groups is 1. The minimum atomic E-state index is -0.0621. The molecule has 108 valence electrons. The number of para-hydroxylation sites is 1. The highest BCUT2D eigenvalue weighted by atomic mass is 35.5. The van der Waals surface area contributed by atoms with Crippen molar-refractivity contribution in [1.82, 2.24) is 10.6 Å². The van der Waals surface area contributed by atoms with Crippen LogP contribution >= 0.6 is 12.4 Å². The number of amides is 1. The summed E-state index contributed by atoms with van der Waals surface area (Å²) in [6.45, 7) is 4.53. The van der Waals surface area contributed by atoms with Gasteiger partial charge in [-0.3, -0.25) is 4.79 Å². The lowest BCUT2D eigenvalue weighted by Gasteiger charge is -2.19. The van der Waals surface area contributed by atoms with Crippen molar-refractivity contribution in [2.75, 3.05) is 20.7 Å². The van der Waals surface area contributed by atoms with Crippen molar-refractivity contribution < 1.29 is 9.53 Å². The third-order valence-electron chi connectivity index (χ3n) is 2.92. The summed E-state index contributed by atoms with van der Waals surface area (Å²) in [5.74, 6) is 0.793. The highest BCUT2D eigenvalue weighted by Crippen LogP contribution is 2.24. The van der Waals surface area contributed by atoms with E-state index in [2.05, 4.69) is 10.6 Å². The van der Waals surface area contributed by atoms with Crippen LogP contribution in [0.2, 0.25) is 0 Å². The average molecular weight is 287 g/mol. The zero-order chi connectivity index (χ0) is 13.5. The SMILES string of the molecule is CNCC(C)C(=O)NC(C)c1ccccc1OC.Cl. The third kappa shape index (κ3) is 5.09. The van der Waals surface area contributed by atoms with Crippen LogP contribution in [0, 0.1) is 5.92 Å². The Balaban J connectivity index is 0.00000324. The second-order valence-electron chi connectivity index (χ2n) is 4.43. The molecular formula is C14H23ClN2O2.